The van der Waals surface area contributed by atoms with Gasteiger partial charge in [0.1, 0.15) is 5.82 Å². The molecule has 1 aromatic heterocycles. The largest absolute Gasteiger partial charge is 0.464 e. The maximum absolute atomic E-state index is 13.1. The van der Waals surface area contributed by atoms with Crippen LogP contribution in [0.4, 0.5) is 10.3 Å². The molecule has 0 aliphatic carbocycles. The zero-order valence-electron chi connectivity index (χ0n) is 9.52. The lowest BCUT2D eigenvalue weighted by Gasteiger charge is -2.05. The van der Waals surface area contributed by atoms with Crippen LogP contribution in [0.1, 0.15) is 6.92 Å². The fourth-order valence-corrected chi connectivity index (χ4v) is 1.51. The third-order valence-corrected chi connectivity index (χ3v) is 2.37. The zero-order valence-corrected chi connectivity index (χ0v) is 10.3. The first-order valence-corrected chi connectivity index (χ1v) is 5.57. The van der Waals surface area contributed by atoms with Gasteiger partial charge in [0.15, 0.2) is 5.82 Å². The summed E-state index contributed by atoms with van der Waals surface area (Å²) >= 11 is 5.70. The van der Waals surface area contributed by atoms with Crippen molar-refractivity contribution in [3.8, 4) is 17.4 Å². The van der Waals surface area contributed by atoms with Crippen LogP contribution in [0.25, 0.3) is 11.4 Å². The smallest absolute Gasteiger partial charge is 0.321 e. The van der Waals surface area contributed by atoms with E-state index in [4.69, 9.17) is 22.1 Å². The molecule has 94 valence electrons. The SMILES string of the molecule is CCOc1nc(N)nc(-c2ccc(F)c(Cl)c2)n1. The first kappa shape index (κ1) is 12.5. The predicted octanol–water partition coefficient (Wildman–Crippen LogP) is 2.31. The summed E-state index contributed by atoms with van der Waals surface area (Å²) in [6.45, 7) is 2.21. The van der Waals surface area contributed by atoms with Gasteiger partial charge in [-0.1, -0.05) is 11.6 Å². The highest BCUT2D eigenvalue weighted by molar-refractivity contribution is 6.31. The molecule has 5 nitrogen and oxygen atoms in total. The summed E-state index contributed by atoms with van der Waals surface area (Å²) < 4.78 is 18.2. The number of anilines is 1. The van der Waals surface area contributed by atoms with Crippen molar-refractivity contribution in [1.82, 2.24) is 15.0 Å². The average molecular weight is 269 g/mol. The minimum atomic E-state index is -0.507. The Morgan fingerprint density at radius 2 is 2.11 bits per heavy atom. The predicted molar refractivity (Wildman–Crippen MR) is 65.8 cm³/mol. The second-order valence-corrected chi connectivity index (χ2v) is 3.77. The molecule has 0 bridgehead atoms. The van der Waals surface area contributed by atoms with E-state index in [0.717, 1.165) is 0 Å². The molecular weight excluding hydrogens is 259 g/mol. The third-order valence-electron chi connectivity index (χ3n) is 2.08. The molecule has 0 radical (unpaired) electrons. The second-order valence-electron chi connectivity index (χ2n) is 3.36. The highest BCUT2D eigenvalue weighted by Gasteiger charge is 2.09. The summed E-state index contributed by atoms with van der Waals surface area (Å²) in [5.41, 5.74) is 6.08. The fourth-order valence-electron chi connectivity index (χ4n) is 1.33. The Hall–Kier alpha value is -1.95. The van der Waals surface area contributed by atoms with Crippen molar-refractivity contribution in [3.05, 3.63) is 29.0 Å². The molecule has 18 heavy (non-hydrogen) atoms. The molecule has 0 amide bonds. The van der Waals surface area contributed by atoms with Crippen LogP contribution in [0, 0.1) is 5.82 Å². The van der Waals surface area contributed by atoms with Crippen LogP contribution in [-0.2, 0) is 0 Å². The number of nitrogen functional groups attached to an aromatic ring is 1. The van der Waals surface area contributed by atoms with Crippen LogP contribution in [0.3, 0.4) is 0 Å². The molecule has 0 aliphatic heterocycles. The van der Waals surface area contributed by atoms with Crippen molar-refractivity contribution in [3.63, 3.8) is 0 Å². The first-order chi connectivity index (χ1) is 8.60. The Labute approximate surface area is 108 Å². The highest BCUT2D eigenvalue weighted by atomic mass is 35.5. The van der Waals surface area contributed by atoms with Crippen molar-refractivity contribution in [2.45, 2.75) is 6.92 Å². The Balaban J connectivity index is 2.46. The van der Waals surface area contributed by atoms with E-state index in [1.54, 1.807) is 6.92 Å². The fraction of sp³-hybridized carbons (Fsp3) is 0.182. The molecule has 0 spiro atoms. The number of hydrogen-bond donors (Lipinski definition) is 1. The molecular formula is C11H10ClFN4O. The van der Waals surface area contributed by atoms with E-state index in [1.165, 1.54) is 18.2 Å². The topological polar surface area (TPSA) is 73.9 Å². The minimum Gasteiger partial charge on any atom is -0.464 e. The number of rotatable bonds is 3. The van der Waals surface area contributed by atoms with Gasteiger partial charge in [0.25, 0.3) is 0 Å². The Bertz CT molecular complexity index is 579. The zero-order chi connectivity index (χ0) is 13.1. The van der Waals surface area contributed by atoms with Crippen molar-refractivity contribution >= 4 is 17.5 Å². The van der Waals surface area contributed by atoms with Crippen LogP contribution >= 0.6 is 11.6 Å². The lowest BCUT2D eigenvalue weighted by molar-refractivity contribution is 0.312. The van der Waals surface area contributed by atoms with Crippen LogP contribution in [0.15, 0.2) is 18.2 Å². The minimum absolute atomic E-state index is 0.00977. The Kier molecular flexibility index (Phi) is 3.57. The van der Waals surface area contributed by atoms with Gasteiger partial charge >= 0.3 is 6.01 Å². The van der Waals surface area contributed by atoms with Gasteiger partial charge in [0.2, 0.25) is 5.95 Å². The van der Waals surface area contributed by atoms with Crippen molar-refractivity contribution in [2.75, 3.05) is 12.3 Å². The number of halogens is 2. The molecule has 0 saturated carbocycles. The second kappa shape index (κ2) is 5.14. The first-order valence-electron chi connectivity index (χ1n) is 5.20. The van der Waals surface area contributed by atoms with E-state index in [9.17, 15) is 4.39 Å². The lowest BCUT2D eigenvalue weighted by atomic mass is 10.2. The Morgan fingerprint density at radius 1 is 1.33 bits per heavy atom. The summed E-state index contributed by atoms with van der Waals surface area (Å²) in [6, 6.07) is 4.28. The summed E-state index contributed by atoms with van der Waals surface area (Å²) in [5.74, 6) is -0.191. The van der Waals surface area contributed by atoms with Gasteiger partial charge in [-0.25, -0.2) is 4.39 Å². The van der Waals surface area contributed by atoms with Crippen LogP contribution in [-0.4, -0.2) is 21.6 Å². The molecule has 7 heteroatoms. The summed E-state index contributed by atoms with van der Waals surface area (Å²) in [6.07, 6.45) is 0. The van der Waals surface area contributed by atoms with E-state index in [1.807, 2.05) is 0 Å². The van der Waals surface area contributed by atoms with E-state index in [2.05, 4.69) is 15.0 Å². The molecule has 2 aromatic rings. The normalized spacial score (nSPS) is 10.4. The summed E-state index contributed by atoms with van der Waals surface area (Å²) in [5, 5.41) is -0.00977. The van der Waals surface area contributed by atoms with Crippen molar-refractivity contribution in [2.24, 2.45) is 0 Å². The lowest BCUT2D eigenvalue weighted by Crippen LogP contribution is -2.04. The van der Waals surface area contributed by atoms with Gasteiger partial charge in [0, 0.05) is 5.56 Å². The van der Waals surface area contributed by atoms with E-state index < -0.39 is 5.82 Å². The van der Waals surface area contributed by atoms with Crippen LogP contribution in [0.5, 0.6) is 6.01 Å². The number of benzene rings is 1. The van der Waals surface area contributed by atoms with E-state index >= 15 is 0 Å². The highest BCUT2D eigenvalue weighted by Crippen LogP contribution is 2.23. The van der Waals surface area contributed by atoms with Crippen molar-refractivity contribution < 1.29 is 9.13 Å². The summed E-state index contributed by atoms with van der Waals surface area (Å²) in [7, 11) is 0. The Morgan fingerprint density at radius 3 is 2.78 bits per heavy atom. The molecule has 0 fully saturated rings. The molecule has 2 N–H and O–H groups in total. The van der Waals surface area contributed by atoms with Gasteiger partial charge < -0.3 is 10.5 Å². The van der Waals surface area contributed by atoms with Gasteiger partial charge in [0.05, 0.1) is 11.6 Å². The molecule has 1 heterocycles. The van der Waals surface area contributed by atoms with E-state index in [0.29, 0.717) is 12.2 Å². The number of nitrogens with two attached hydrogens (primary N) is 1. The van der Waals surface area contributed by atoms with Gasteiger partial charge in [-0.15, -0.1) is 0 Å². The summed E-state index contributed by atoms with van der Waals surface area (Å²) in [4.78, 5) is 11.8. The number of aromatic nitrogens is 3. The molecule has 0 saturated heterocycles. The number of ether oxygens (including phenoxy) is 1. The maximum Gasteiger partial charge on any atom is 0.321 e. The third kappa shape index (κ3) is 2.65. The maximum atomic E-state index is 13.1. The van der Waals surface area contributed by atoms with E-state index in [-0.39, 0.29) is 22.8 Å². The van der Waals surface area contributed by atoms with Gasteiger partial charge in [-0.3, -0.25) is 0 Å². The van der Waals surface area contributed by atoms with Gasteiger partial charge in [-0.2, -0.15) is 15.0 Å². The number of nitrogens with zero attached hydrogens (tertiary/aromatic N) is 3. The van der Waals surface area contributed by atoms with Crippen LogP contribution < -0.4 is 10.5 Å². The quantitative estimate of drug-likeness (QED) is 0.925. The molecule has 0 aliphatic rings. The van der Waals surface area contributed by atoms with Crippen LogP contribution in [0.2, 0.25) is 5.02 Å². The average Bonchev–Trinajstić information content (AvgIpc) is 2.32. The molecule has 0 atom stereocenters. The standard InChI is InChI=1S/C11H10ClFN4O/c1-2-18-11-16-9(15-10(14)17-11)6-3-4-8(13)7(12)5-6/h3-5H,2H2,1H3,(H2,14,15,16,17). The number of hydrogen-bond acceptors (Lipinski definition) is 5. The molecule has 1 aromatic carbocycles. The van der Waals surface area contributed by atoms with Crippen molar-refractivity contribution in [1.29, 1.82) is 0 Å². The molecule has 0 unspecified atom stereocenters. The van der Waals surface area contributed by atoms with Gasteiger partial charge in [-0.05, 0) is 25.1 Å². The molecule has 2 rings (SSSR count). The monoisotopic (exact) mass is 268 g/mol.